The van der Waals surface area contributed by atoms with Crippen molar-refractivity contribution in [1.82, 2.24) is 0 Å². The van der Waals surface area contributed by atoms with Gasteiger partial charge in [0.15, 0.2) is 0 Å². The Balaban J connectivity index is 2.98. The van der Waals surface area contributed by atoms with Crippen molar-refractivity contribution < 1.29 is 14.9 Å². The summed E-state index contributed by atoms with van der Waals surface area (Å²) in [6, 6.07) is 0. The Hall–Kier alpha value is -0.570. The largest absolute Gasteiger partial charge is 0.342 e. The Bertz CT molecular complexity index is 217. The van der Waals surface area contributed by atoms with Crippen molar-refractivity contribution >= 4 is 5.97 Å². The van der Waals surface area contributed by atoms with Gasteiger partial charge in [0.05, 0.1) is 0 Å². The van der Waals surface area contributed by atoms with E-state index in [1.54, 1.807) is 0 Å². The van der Waals surface area contributed by atoms with Gasteiger partial charge in [0.1, 0.15) is 0 Å². The molecule has 3 heteroatoms. The maximum atomic E-state index is 10.7. The van der Waals surface area contributed by atoms with Crippen molar-refractivity contribution in [2.75, 3.05) is 0 Å². The van der Waals surface area contributed by atoms with E-state index in [2.05, 4.69) is 11.8 Å². The van der Waals surface area contributed by atoms with Gasteiger partial charge in [-0.2, -0.15) is 5.26 Å². The van der Waals surface area contributed by atoms with Gasteiger partial charge in [-0.3, -0.25) is 0 Å². The normalized spacial score (nSPS) is 10.8. The zero-order chi connectivity index (χ0) is 15.6. The van der Waals surface area contributed by atoms with Gasteiger partial charge in [-0.15, -0.1) is 0 Å². The standard InChI is InChI=1S/C18H36O3/c1-2-3-4-5-6-7-8-9-10-11-12-13-14-15-16-17-18(19)21-20/h20H,2-17H2,1H3. The molecule has 0 aliphatic heterocycles. The van der Waals surface area contributed by atoms with Gasteiger partial charge in [0, 0.05) is 6.42 Å². The van der Waals surface area contributed by atoms with E-state index >= 15 is 0 Å². The first-order chi connectivity index (χ1) is 10.3. The Morgan fingerprint density at radius 2 is 1.00 bits per heavy atom. The molecule has 0 aliphatic carbocycles. The number of carbonyl (C=O) groups is 1. The molecule has 0 saturated carbocycles. The summed E-state index contributed by atoms with van der Waals surface area (Å²) in [7, 11) is 0. The molecule has 0 aliphatic rings. The Kier molecular flexibility index (Phi) is 17.0. The maximum absolute atomic E-state index is 10.7. The zero-order valence-electron chi connectivity index (χ0n) is 14.1. The summed E-state index contributed by atoms with van der Waals surface area (Å²) in [5.74, 6) is -0.510. The van der Waals surface area contributed by atoms with Crippen LogP contribution in [0.1, 0.15) is 110 Å². The molecule has 1 N–H and O–H groups in total. The first kappa shape index (κ1) is 20.4. The second-order valence-corrected chi connectivity index (χ2v) is 6.16. The lowest BCUT2D eigenvalue weighted by Gasteiger charge is -2.03. The molecule has 0 rings (SSSR count). The summed E-state index contributed by atoms with van der Waals surface area (Å²) in [5.41, 5.74) is 0. The summed E-state index contributed by atoms with van der Waals surface area (Å²) in [6.45, 7) is 2.27. The van der Waals surface area contributed by atoms with Crippen LogP contribution in [0.25, 0.3) is 0 Å². The summed E-state index contributed by atoms with van der Waals surface area (Å²) >= 11 is 0. The van der Waals surface area contributed by atoms with Crippen molar-refractivity contribution in [3.05, 3.63) is 0 Å². The van der Waals surface area contributed by atoms with E-state index in [4.69, 9.17) is 5.26 Å². The van der Waals surface area contributed by atoms with E-state index in [-0.39, 0.29) is 0 Å². The third kappa shape index (κ3) is 17.4. The lowest BCUT2D eigenvalue weighted by molar-refractivity contribution is -0.234. The van der Waals surface area contributed by atoms with Crippen molar-refractivity contribution in [2.24, 2.45) is 0 Å². The topological polar surface area (TPSA) is 46.5 Å². The molecule has 0 fully saturated rings. The van der Waals surface area contributed by atoms with Crippen molar-refractivity contribution in [2.45, 2.75) is 110 Å². The molecular weight excluding hydrogens is 264 g/mol. The maximum Gasteiger partial charge on any atom is 0.342 e. The molecule has 0 spiro atoms. The molecule has 0 radical (unpaired) electrons. The average molecular weight is 300 g/mol. The molecule has 0 amide bonds. The first-order valence-electron chi connectivity index (χ1n) is 9.15. The fourth-order valence-corrected chi connectivity index (χ4v) is 2.69. The lowest BCUT2D eigenvalue weighted by Crippen LogP contribution is -1.99. The highest BCUT2D eigenvalue weighted by Crippen LogP contribution is 2.13. The second-order valence-electron chi connectivity index (χ2n) is 6.16. The zero-order valence-corrected chi connectivity index (χ0v) is 14.1. The van der Waals surface area contributed by atoms with E-state index in [0.29, 0.717) is 6.42 Å². The number of carbonyl (C=O) groups excluding carboxylic acids is 1. The van der Waals surface area contributed by atoms with Gasteiger partial charge in [0.25, 0.3) is 0 Å². The van der Waals surface area contributed by atoms with Crippen LogP contribution in [-0.4, -0.2) is 11.2 Å². The predicted molar refractivity (Wildman–Crippen MR) is 88.3 cm³/mol. The van der Waals surface area contributed by atoms with E-state index in [0.717, 1.165) is 12.8 Å². The molecule has 126 valence electrons. The third-order valence-corrected chi connectivity index (χ3v) is 4.09. The highest BCUT2D eigenvalue weighted by molar-refractivity contribution is 5.68. The lowest BCUT2D eigenvalue weighted by atomic mass is 10.0. The van der Waals surface area contributed by atoms with Gasteiger partial charge >= 0.3 is 5.97 Å². The minimum Gasteiger partial charge on any atom is -0.301 e. The molecule has 0 aromatic heterocycles. The Morgan fingerprint density at radius 3 is 1.33 bits per heavy atom. The monoisotopic (exact) mass is 300 g/mol. The predicted octanol–water partition coefficient (Wildman–Crippen LogP) is 6.26. The number of hydrogen-bond donors (Lipinski definition) is 1. The van der Waals surface area contributed by atoms with Crippen LogP contribution in [0, 0.1) is 0 Å². The van der Waals surface area contributed by atoms with Crippen LogP contribution < -0.4 is 0 Å². The SMILES string of the molecule is CCCCCCCCCCCCCCCCCC(=O)OO. The first-order valence-corrected chi connectivity index (χ1v) is 9.15. The van der Waals surface area contributed by atoms with Gasteiger partial charge in [-0.25, -0.2) is 4.79 Å². The van der Waals surface area contributed by atoms with Gasteiger partial charge in [-0.1, -0.05) is 96.8 Å². The van der Waals surface area contributed by atoms with Crippen LogP contribution >= 0.6 is 0 Å². The van der Waals surface area contributed by atoms with Crippen molar-refractivity contribution in [3.8, 4) is 0 Å². The van der Waals surface area contributed by atoms with Crippen molar-refractivity contribution in [1.29, 1.82) is 0 Å². The van der Waals surface area contributed by atoms with Crippen LogP contribution in [0.5, 0.6) is 0 Å². The highest BCUT2D eigenvalue weighted by atomic mass is 17.1. The van der Waals surface area contributed by atoms with Crippen molar-refractivity contribution in [3.63, 3.8) is 0 Å². The van der Waals surface area contributed by atoms with Crippen LogP contribution in [0.4, 0.5) is 0 Å². The summed E-state index contributed by atoms with van der Waals surface area (Å²) in [6.07, 6.45) is 20.0. The average Bonchev–Trinajstić information content (AvgIpc) is 2.50. The quantitative estimate of drug-likeness (QED) is 0.208. The van der Waals surface area contributed by atoms with E-state index in [1.807, 2.05) is 0 Å². The summed E-state index contributed by atoms with van der Waals surface area (Å²) in [4.78, 5) is 14.3. The minimum absolute atomic E-state index is 0.342. The summed E-state index contributed by atoms with van der Waals surface area (Å²) in [5, 5.41) is 8.10. The second kappa shape index (κ2) is 17.5. The number of rotatable bonds is 16. The molecule has 0 heterocycles. The van der Waals surface area contributed by atoms with Gasteiger partial charge < -0.3 is 4.89 Å². The third-order valence-electron chi connectivity index (χ3n) is 4.09. The molecule has 21 heavy (non-hydrogen) atoms. The number of unbranched alkanes of at least 4 members (excludes halogenated alkanes) is 14. The molecule has 0 aromatic rings. The minimum atomic E-state index is -0.510. The fourth-order valence-electron chi connectivity index (χ4n) is 2.69. The van der Waals surface area contributed by atoms with Gasteiger partial charge in [-0.05, 0) is 6.42 Å². The molecule has 0 unspecified atom stereocenters. The fraction of sp³-hybridized carbons (Fsp3) is 0.944. The number of hydrogen-bond acceptors (Lipinski definition) is 3. The molecule has 0 aromatic carbocycles. The van der Waals surface area contributed by atoms with Crippen LogP contribution in [0.3, 0.4) is 0 Å². The van der Waals surface area contributed by atoms with Crippen LogP contribution in [0.2, 0.25) is 0 Å². The Labute approximate surface area is 131 Å². The van der Waals surface area contributed by atoms with E-state index in [9.17, 15) is 4.79 Å². The molecule has 0 atom stereocenters. The Morgan fingerprint density at radius 1 is 0.667 bits per heavy atom. The smallest absolute Gasteiger partial charge is 0.301 e. The molecule has 3 nitrogen and oxygen atoms in total. The van der Waals surface area contributed by atoms with Crippen LogP contribution in [-0.2, 0) is 9.68 Å². The van der Waals surface area contributed by atoms with E-state index in [1.165, 1.54) is 83.5 Å². The highest BCUT2D eigenvalue weighted by Gasteiger charge is 2.00. The summed E-state index contributed by atoms with van der Waals surface area (Å²) < 4.78 is 0. The van der Waals surface area contributed by atoms with Crippen LogP contribution in [0.15, 0.2) is 0 Å². The molecule has 0 saturated heterocycles. The van der Waals surface area contributed by atoms with E-state index < -0.39 is 5.97 Å². The molecule has 0 bridgehead atoms. The van der Waals surface area contributed by atoms with Gasteiger partial charge in [0.2, 0.25) is 0 Å². The molecular formula is C18H36O3.